The summed E-state index contributed by atoms with van der Waals surface area (Å²) in [6, 6.07) is 44.3. The molecule has 3 aliphatic rings. The lowest BCUT2D eigenvalue weighted by Gasteiger charge is -2.27. The third-order valence-corrected chi connectivity index (χ3v) is 12.9. The highest BCUT2D eigenvalue weighted by atomic mass is 16.5. The molecule has 3 saturated heterocycles. The van der Waals surface area contributed by atoms with Crippen LogP contribution in [-0.4, -0.2) is 78.9 Å². The molecule has 6 N–H and O–H groups in total. The Morgan fingerprint density at radius 3 is 0.833 bits per heavy atom. The van der Waals surface area contributed by atoms with Crippen LogP contribution < -0.4 is 48.2 Å². The van der Waals surface area contributed by atoms with Crippen LogP contribution in [0.5, 0.6) is 0 Å². The number of benzene rings is 6. The Morgan fingerprint density at radius 1 is 0.333 bits per heavy atom. The highest BCUT2D eigenvalue weighted by molar-refractivity contribution is 5.95. The van der Waals surface area contributed by atoms with E-state index in [-0.39, 0.29) is 16.3 Å². The smallest absolute Gasteiger partial charge is 0.200 e. The first kappa shape index (κ1) is 47.3. The minimum Gasteiger partial charge on any atom is -0.440 e. The summed E-state index contributed by atoms with van der Waals surface area (Å²) in [5.41, 5.74) is 26.7. The molecule has 366 valence electrons. The van der Waals surface area contributed by atoms with Crippen molar-refractivity contribution in [3.63, 3.8) is 0 Å². The molecule has 15 heteroatoms. The molecule has 9 aromatic rings. The van der Waals surface area contributed by atoms with E-state index in [4.69, 9.17) is 44.7 Å². The van der Waals surface area contributed by atoms with Gasteiger partial charge >= 0.3 is 0 Å². The molecule has 0 atom stereocenters. The van der Waals surface area contributed by atoms with Crippen LogP contribution in [0.2, 0.25) is 0 Å². The number of ether oxygens (including phenoxy) is 3. The summed E-state index contributed by atoms with van der Waals surface area (Å²) in [6.45, 7) is 8.17. The van der Waals surface area contributed by atoms with Gasteiger partial charge in [-0.25, -0.2) is 0 Å². The summed E-state index contributed by atoms with van der Waals surface area (Å²) in [6.07, 6.45) is 0. The molecule has 0 bridgehead atoms. The number of morpholine rings is 3. The zero-order valence-electron chi connectivity index (χ0n) is 39.6. The second-order valence-corrected chi connectivity index (χ2v) is 17.6. The number of nitrogens with two attached hydrogens (primary N) is 3. The zero-order valence-corrected chi connectivity index (χ0v) is 39.6. The van der Waals surface area contributed by atoms with Gasteiger partial charge in [0.25, 0.3) is 0 Å². The number of nitrogens with zero attached hydrogens (tertiary/aromatic N) is 3. The molecular formula is C57H54N6O9. The van der Waals surface area contributed by atoms with E-state index in [1.165, 1.54) is 0 Å². The lowest BCUT2D eigenvalue weighted by molar-refractivity contribution is 0.120. The molecule has 0 amide bonds. The van der Waals surface area contributed by atoms with E-state index in [2.05, 4.69) is 0 Å². The second kappa shape index (κ2) is 21.3. The molecule has 0 radical (unpaired) electrons. The molecule has 3 aromatic heterocycles. The summed E-state index contributed by atoms with van der Waals surface area (Å²) < 4.78 is 34.5. The molecule has 0 saturated carbocycles. The Bertz CT molecular complexity index is 3150. The zero-order chi connectivity index (χ0) is 49.6. The van der Waals surface area contributed by atoms with E-state index in [0.717, 1.165) is 72.6 Å². The van der Waals surface area contributed by atoms with Crippen LogP contribution in [0.1, 0.15) is 0 Å². The first-order chi connectivity index (χ1) is 35.2. The van der Waals surface area contributed by atoms with Crippen molar-refractivity contribution in [2.75, 3.05) is 111 Å². The van der Waals surface area contributed by atoms with Crippen molar-refractivity contribution < 1.29 is 27.5 Å². The normalized spacial score (nSPS) is 14.9. The molecule has 6 heterocycles. The first-order valence-electron chi connectivity index (χ1n) is 23.9. The minimum atomic E-state index is -0.0324. The molecule has 6 aromatic carbocycles. The van der Waals surface area contributed by atoms with E-state index < -0.39 is 0 Å². The van der Waals surface area contributed by atoms with Gasteiger partial charge in [0.2, 0.25) is 0 Å². The van der Waals surface area contributed by atoms with Gasteiger partial charge in [-0.1, -0.05) is 72.8 Å². The van der Waals surface area contributed by atoms with Crippen molar-refractivity contribution >= 4 is 67.6 Å². The molecule has 0 spiro atoms. The third kappa shape index (κ3) is 10.4. The van der Waals surface area contributed by atoms with Crippen LogP contribution in [0.3, 0.4) is 0 Å². The molecule has 3 fully saturated rings. The van der Waals surface area contributed by atoms with Crippen LogP contribution in [-0.2, 0) is 14.2 Å². The fourth-order valence-electron chi connectivity index (χ4n) is 8.98. The molecule has 0 unspecified atom stereocenters. The van der Waals surface area contributed by atoms with E-state index in [1.54, 1.807) is 36.4 Å². The quantitative estimate of drug-likeness (QED) is 0.133. The Balaban J connectivity index is 0.000000124. The van der Waals surface area contributed by atoms with Crippen LogP contribution in [0.15, 0.2) is 173 Å². The van der Waals surface area contributed by atoms with Crippen molar-refractivity contribution in [3.05, 3.63) is 176 Å². The highest BCUT2D eigenvalue weighted by Crippen LogP contribution is 2.34. The third-order valence-electron chi connectivity index (χ3n) is 12.9. The maximum Gasteiger partial charge on any atom is 0.200 e. The van der Waals surface area contributed by atoms with Crippen LogP contribution in [0.25, 0.3) is 66.3 Å². The van der Waals surface area contributed by atoms with E-state index in [0.29, 0.717) is 107 Å². The molecule has 3 aliphatic heterocycles. The number of anilines is 6. The number of hydrogen-bond acceptors (Lipinski definition) is 15. The summed E-state index contributed by atoms with van der Waals surface area (Å²) in [7, 11) is 0. The van der Waals surface area contributed by atoms with Gasteiger partial charge in [0.15, 0.2) is 33.9 Å². The van der Waals surface area contributed by atoms with Crippen LogP contribution in [0, 0.1) is 0 Å². The molecule has 15 nitrogen and oxygen atoms in total. The monoisotopic (exact) mass is 966 g/mol. The van der Waals surface area contributed by atoms with Gasteiger partial charge in [0.05, 0.1) is 55.8 Å². The van der Waals surface area contributed by atoms with E-state index >= 15 is 0 Å². The number of para-hydroxylation sites is 3. The number of nitrogen functional groups attached to an aromatic ring is 3. The molecular weight excluding hydrogens is 913 g/mol. The Hall–Kier alpha value is -8.37. The predicted molar refractivity (Wildman–Crippen MR) is 286 cm³/mol. The van der Waals surface area contributed by atoms with Crippen molar-refractivity contribution in [3.8, 4) is 33.4 Å². The summed E-state index contributed by atoms with van der Waals surface area (Å²) >= 11 is 0. The Morgan fingerprint density at radius 2 is 0.583 bits per heavy atom. The fraction of sp³-hybridized carbons (Fsp3) is 0.211. The predicted octanol–water partition coefficient (Wildman–Crippen LogP) is 8.64. The second-order valence-electron chi connectivity index (χ2n) is 17.6. The van der Waals surface area contributed by atoms with Crippen molar-refractivity contribution in [1.82, 2.24) is 0 Å². The largest absolute Gasteiger partial charge is 0.440 e. The lowest BCUT2D eigenvalue weighted by atomic mass is 10.0. The maximum atomic E-state index is 12.5. The van der Waals surface area contributed by atoms with Gasteiger partial charge in [-0.15, -0.1) is 0 Å². The number of hydrogen-bond donors (Lipinski definition) is 3. The fourth-order valence-corrected chi connectivity index (χ4v) is 8.98. The van der Waals surface area contributed by atoms with Gasteiger partial charge in [-0.05, 0) is 71.3 Å². The lowest BCUT2D eigenvalue weighted by Crippen LogP contribution is -2.36. The minimum absolute atomic E-state index is 0.0324. The van der Waals surface area contributed by atoms with E-state index in [1.807, 2.05) is 124 Å². The van der Waals surface area contributed by atoms with Crippen LogP contribution >= 0.6 is 0 Å². The summed E-state index contributed by atoms with van der Waals surface area (Å²) in [5.74, 6) is 1.79. The van der Waals surface area contributed by atoms with Gasteiger partial charge in [0, 0.05) is 91.2 Å². The number of rotatable bonds is 6. The maximum absolute atomic E-state index is 12.5. The molecule has 72 heavy (non-hydrogen) atoms. The van der Waals surface area contributed by atoms with Crippen LogP contribution in [0.4, 0.5) is 34.7 Å². The van der Waals surface area contributed by atoms with Crippen molar-refractivity contribution in [1.29, 1.82) is 0 Å². The van der Waals surface area contributed by atoms with Crippen molar-refractivity contribution in [2.45, 2.75) is 0 Å². The standard InChI is InChI=1S/3C19H18N2O3/c3*20-14-6-4-13(5-7-14)15-2-1-3-16-17(22)12-18(24-19(15)16)21-8-10-23-11-9-21/h3*1-7,12H,8-11,20H2. The first-order valence-corrected chi connectivity index (χ1v) is 23.9. The van der Waals surface area contributed by atoms with Gasteiger partial charge in [-0.2, -0.15) is 0 Å². The SMILES string of the molecule is Nc1ccc(-c2cccc3c(=O)cc(N4CCOCC4)oc23)cc1.Nc1ccc(-c2cccc3c(=O)cc(N4CCOCC4)oc23)cc1.Nc1ccc(-c2cccc3c(=O)cc(N4CCOCC4)oc23)cc1. The van der Waals surface area contributed by atoms with Gasteiger partial charge in [-0.3, -0.25) is 14.4 Å². The Kier molecular flexibility index (Phi) is 14.0. The summed E-state index contributed by atoms with van der Waals surface area (Å²) in [4.78, 5) is 43.8. The average Bonchev–Trinajstić information content (AvgIpc) is 3.42. The highest BCUT2D eigenvalue weighted by Gasteiger charge is 2.20. The van der Waals surface area contributed by atoms with E-state index in [9.17, 15) is 14.4 Å². The van der Waals surface area contributed by atoms with Crippen molar-refractivity contribution in [2.24, 2.45) is 0 Å². The summed E-state index contributed by atoms with van der Waals surface area (Å²) in [5, 5.41) is 1.75. The topological polar surface area (TPSA) is 206 Å². The molecule has 12 rings (SSSR count). The average molecular weight is 967 g/mol. The Labute approximate surface area is 414 Å². The molecule has 0 aliphatic carbocycles. The van der Waals surface area contributed by atoms with Gasteiger partial charge < -0.3 is 59.4 Å². The van der Waals surface area contributed by atoms with Gasteiger partial charge in [0.1, 0.15) is 16.7 Å². The number of fused-ring (bicyclic) bond motifs is 3.